The van der Waals surface area contributed by atoms with Gasteiger partial charge in [-0.15, -0.1) is 0 Å². The van der Waals surface area contributed by atoms with Gasteiger partial charge in [-0.05, 0) is 20.3 Å². The molecule has 0 spiro atoms. The van der Waals surface area contributed by atoms with Crippen LogP contribution in [-0.4, -0.2) is 0 Å². The summed E-state index contributed by atoms with van der Waals surface area (Å²) in [5.74, 6) is 0.587. The van der Waals surface area contributed by atoms with Crippen LogP contribution in [0.4, 0.5) is 0 Å². The Morgan fingerprint density at radius 2 is 2.40 bits per heavy atom. The first-order valence-corrected chi connectivity index (χ1v) is 3.70. The summed E-state index contributed by atoms with van der Waals surface area (Å²) in [6.45, 7) is 8.14. The fourth-order valence-electron chi connectivity index (χ4n) is 1.09. The highest BCUT2D eigenvalue weighted by Crippen LogP contribution is 2.21. The molecule has 0 heterocycles. The van der Waals surface area contributed by atoms with E-state index in [2.05, 4.69) is 38.7 Å². The van der Waals surface area contributed by atoms with Crippen molar-refractivity contribution in [2.24, 2.45) is 5.92 Å². The van der Waals surface area contributed by atoms with Crippen molar-refractivity contribution >= 4 is 0 Å². The molecular formula is C10H14. The van der Waals surface area contributed by atoms with E-state index in [9.17, 15) is 0 Å². The van der Waals surface area contributed by atoms with Gasteiger partial charge in [0, 0.05) is 5.92 Å². The Kier molecular flexibility index (Phi) is 2.10. The maximum Gasteiger partial charge on any atom is 0.000921 e. The predicted octanol–water partition coefficient (Wildman–Crippen LogP) is 3.08. The average Bonchev–Trinajstić information content (AvgIpc) is 1.88. The van der Waals surface area contributed by atoms with Crippen LogP contribution in [0.1, 0.15) is 20.3 Å². The van der Waals surface area contributed by atoms with Gasteiger partial charge in [0.25, 0.3) is 0 Å². The molecule has 0 unspecified atom stereocenters. The lowest BCUT2D eigenvalue weighted by Crippen LogP contribution is -1.98. The smallest absolute Gasteiger partial charge is 0.000921 e. The largest absolute Gasteiger partial charge is 0.0995 e. The quantitative estimate of drug-likeness (QED) is 0.483. The minimum atomic E-state index is 0.587. The van der Waals surface area contributed by atoms with Crippen LogP contribution >= 0.6 is 0 Å². The van der Waals surface area contributed by atoms with Gasteiger partial charge in [-0.1, -0.05) is 36.0 Å². The van der Waals surface area contributed by atoms with Crippen molar-refractivity contribution in [3.63, 3.8) is 0 Å². The highest BCUT2D eigenvalue weighted by Gasteiger charge is 2.05. The van der Waals surface area contributed by atoms with Gasteiger partial charge in [-0.3, -0.25) is 0 Å². The van der Waals surface area contributed by atoms with Crippen LogP contribution in [-0.2, 0) is 0 Å². The molecule has 54 valence electrons. The third kappa shape index (κ3) is 1.60. The van der Waals surface area contributed by atoms with Gasteiger partial charge in [0.05, 0.1) is 0 Å². The summed E-state index contributed by atoms with van der Waals surface area (Å²) < 4.78 is 0. The zero-order valence-corrected chi connectivity index (χ0v) is 6.72. The molecule has 0 bridgehead atoms. The topological polar surface area (TPSA) is 0 Å². The molecule has 1 aliphatic rings. The summed E-state index contributed by atoms with van der Waals surface area (Å²) in [7, 11) is 0. The van der Waals surface area contributed by atoms with Crippen molar-refractivity contribution in [1.82, 2.24) is 0 Å². The molecule has 0 aromatic carbocycles. The second-order valence-corrected chi connectivity index (χ2v) is 3.00. The average molecular weight is 134 g/mol. The zero-order chi connectivity index (χ0) is 7.56. The highest BCUT2D eigenvalue weighted by molar-refractivity contribution is 5.25. The van der Waals surface area contributed by atoms with Gasteiger partial charge in [-0.25, -0.2) is 0 Å². The first-order valence-electron chi connectivity index (χ1n) is 3.70. The molecule has 0 nitrogen and oxygen atoms in total. The van der Waals surface area contributed by atoms with Crippen molar-refractivity contribution in [3.05, 3.63) is 36.0 Å². The fourth-order valence-corrected chi connectivity index (χ4v) is 1.09. The van der Waals surface area contributed by atoms with E-state index in [-0.39, 0.29) is 0 Å². The molecule has 1 atom stereocenters. The van der Waals surface area contributed by atoms with Crippen LogP contribution in [0.3, 0.4) is 0 Å². The molecule has 0 N–H and O–H groups in total. The molecule has 0 heteroatoms. The van der Waals surface area contributed by atoms with Crippen LogP contribution in [0.15, 0.2) is 36.0 Å². The normalized spacial score (nSPS) is 24.2. The number of hydrogen-bond donors (Lipinski definition) is 0. The van der Waals surface area contributed by atoms with Crippen molar-refractivity contribution in [3.8, 4) is 0 Å². The van der Waals surface area contributed by atoms with E-state index in [4.69, 9.17) is 0 Å². The van der Waals surface area contributed by atoms with Crippen LogP contribution < -0.4 is 0 Å². The molecule has 1 aliphatic carbocycles. The van der Waals surface area contributed by atoms with Crippen LogP contribution in [0.25, 0.3) is 0 Å². The first kappa shape index (κ1) is 7.33. The maximum absolute atomic E-state index is 3.92. The van der Waals surface area contributed by atoms with Crippen LogP contribution in [0.5, 0.6) is 0 Å². The Labute approximate surface area is 62.9 Å². The maximum atomic E-state index is 3.92. The summed E-state index contributed by atoms with van der Waals surface area (Å²) in [6.07, 6.45) is 7.80. The summed E-state index contributed by atoms with van der Waals surface area (Å²) >= 11 is 0. The number of allylic oxidation sites excluding steroid dienone is 5. The predicted molar refractivity (Wildman–Crippen MR) is 45.8 cm³/mol. The van der Waals surface area contributed by atoms with Crippen LogP contribution in [0, 0.1) is 5.92 Å². The summed E-state index contributed by atoms with van der Waals surface area (Å²) in [4.78, 5) is 0. The second-order valence-electron chi connectivity index (χ2n) is 3.00. The zero-order valence-electron chi connectivity index (χ0n) is 6.72. The van der Waals surface area contributed by atoms with Gasteiger partial charge in [0.15, 0.2) is 0 Å². The van der Waals surface area contributed by atoms with E-state index in [0.29, 0.717) is 5.92 Å². The fraction of sp³-hybridized carbons (Fsp3) is 0.400. The molecule has 0 fully saturated rings. The third-order valence-corrected chi connectivity index (χ3v) is 1.92. The highest BCUT2D eigenvalue weighted by atomic mass is 14.1. The first-order chi connectivity index (χ1) is 4.70. The number of rotatable bonds is 1. The Hall–Kier alpha value is -0.780. The van der Waals surface area contributed by atoms with E-state index in [1.807, 2.05) is 0 Å². The van der Waals surface area contributed by atoms with Gasteiger partial charge in [0.1, 0.15) is 0 Å². The molecule has 0 saturated carbocycles. The van der Waals surface area contributed by atoms with E-state index >= 15 is 0 Å². The Balaban J connectivity index is 2.60. The molecule has 0 radical (unpaired) electrons. The summed E-state index contributed by atoms with van der Waals surface area (Å²) in [5, 5.41) is 0. The molecule has 0 amide bonds. The lowest BCUT2D eigenvalue weighted by molar-refractivity contribution is 0.764. The van der Waals surface area contributed by atoms with Gasteiger partial charge < -0.3 is 0 Å². The van der Waals surface area contributed by atoms with Gasteiger partial charge in [0.2, 0.25) is 0 Å². The molecular weight excluding hydrogens is 120 g/mol. The monoisotopic (exact) mass is 134 g/mol. The Bertz CT molecular complexity index is 194. The Morgan fingerprint density at radius 1 is 1.70 bits per heavy atom. The van der Waals surface area contributed by atoms with Gasteiger partial charge >= 0.3 is 0 Å². The van der Waals surface area contributed by atoms with Crippen molar-refractivity contribution in [1.29, 1.82) is 0 Å². The van der Waals surface area contributed by atoms with Crippen LogP contribution in [0.2, 0.25) is 0 Å². The minimum absolute atomic E-state index is 0.587. The summed E-state index contributed by atoms with van der Waals surface area (Å²) in [5.41, 5.74) is 2.64. The molecule has 1 rings (SSSR count). The number of hydrogen-bond acceptors (Lipinski definition) is 0. The lowest BCUT2D eigenvalue weighted by Gasteiger charge is -2.13. The molecule has 0 aromatic heterocycles. The van der Waals surface area contributed by atoms with Gasteiger partial charge in [-0.2, -0.15) is 0 Å². The van der Waals surface area contributed by atoms with E-state index in [0.717, 1.165) is 6.42 Å². The molecule has 10 heavy (non-hydrogen) atoms. The van der Waals surface area contributed by atoms with E-state index in [1.165, 1.54) is 11.1 Å². The molecule has 0 saturated heterocycles. The molecule has 0 aromatic rings. The second kappa shape index (κ2) is 2.87. The third-order valence-electron chi connectivity index (χ3n) is 1.92. The Morgan fingerprint density at radius 3 is 2.80 bits per heavy atom. The standard InChI is InChI=1S/C10H14/c1-8(2)10-6-4-9(3)5-7-10/h4-6,10H,1,7H2,2-3H3/t10-/m1/s1. The lowest BCUT2D eigenvalue weighted by atomic mass is 9.92. The molecule has 0 aliphatic heterocycles. The van der Waals surface area contributed by atoms with Crippen molar-refractivity contribution in [2.45, 2.75) is 20.3 Å². The van der Waals surface area contributed by atoms with E-state index in [1.54, 1.807) is 0 Å². The van der Waals surface area contributed by atoms with Crippen molar-refractivity contribution < 1.29 is 0 Å². The van der Waals surface area contributed by atoms with E-state index < -0.39 is 0 Å². The SMILES string of the molecule is C=C(C)[C@@H]1C=CC(C)=CC1. The minimum Gasteiger partial charge on any atom is -0.0995 e. The summed E-state index contributed by atoms with van der Waals surface area (Å²) in [6, 6.07) is 0. The van der Waals surface area contributed by atoms with Crippen molar-refractivity contribution in [2.75, 3.05) is 0 Å².